The highest BCUT2D eigenvalue weighted by molar-refractivity contribution is 8.00. The molecule has 0 spiro atoms. The highest BCUT2D eigenvalue weighted by atomic mass is 32.2. The molecule has 1 fully saturated rings. The van der Waals surface area contributed by atoms with Gasteiger partial charge in [-0.15, -0.1) is 11.8 Å². The van der Waals surface area contributed by atoms with Gasteiger partial charge >= 0.3 is 0 Å². The van der Waals surface area contributed by atoms with Crippen LogP contribution in [0.4, 0.5) is 0 Å². The zero-order chi connectivity index (χ0) is 13.9. The molecule has 2 aliphatic rings. The van der Waals surface area contributed by atoms with Crippen LogP contribution in [0.25, 0.3) is 11.8 Å². The van der Waals surface area contributed by atoms with Gasteiger partial charge in [-0.25, -0.2) is 0 Å². The maximum Gasteiger partial charge on any atom is 0.217 e. The SMILES string of the molecule is CC(=O)NCC1=c2ccc(SC3CCC3)cc2=COC1. The first-order valence-electron chi connectivity index (χ1n) is 7.07. The lowest BCUT2D eigenvalue weighted by Gasteiger charge is -2.24. The molecule has 1 aromatic rings. The van der Waals surface area contributed by atoms with Gasteiger partial charge in [-0.05, 0) is 35.8 Å². The second-order valence-corrected chi connectivity index (χ2v) is 6.74. The maximum atomic E-state index is 11.0. The summed E-state index contributed by atoms with van der Waals surface area (Å²) in [5, 5.41) is 5.96. The fourth-order valence-electron chi connectivity index (χ4n) is 2.40. The van der Waals surface area contributed by atoms with Crippen LogP contribution in [0.5, 0.6) is 0 Å². The molecule has 1 N–H and O–H groups in total. The number of ether oxygens (including phenoxy) is 1. The van der Waals surface area contributed by atoms with Crippen molar-refractivity contribution in [3.8, 4) is 0 Å². The van der Waals surface area contributed by atoms with E-state index in [2.05, 4.69) is 23.5 Å². The number of fused-ring (bicyclic) bond motifs is 1. The number of carbonyl (C=O) groups excluding carboxylic acids is 1. The molecular weight excluding hydrogens is 270 g/mol. The Morgan fingerprint density at radius 1 is 1.45 bits per heavy atom. The lowest BCUT2D eigenvalue weighted by Crippen LogP contribution is -2.36. The van der Waals surface area contributed by atoms with Gasteiger partial charge in [0.15, 0.2) is 0 Å². The zero-order valence-corrected chi connectivity index (χ0v) is 12.5. The minimum absolute atomic E-state index is 0.00855. The van der Waals surface area contributed by atoms with Gasteiger partial charge in [0.05, 0.1) is 6.26 Å². The van der Waals surface area contributed by atoms with Gasteiger partial charge in [-0.1, -0.05) is 12.5 Å². The topological polar surface area (TPSA) is 38.3 Å². The quantitative estimate of drug-likeness (QED) is 0.910. The van der Waals surface area contributed by atoms with Crippen molar-refractivity contribution in [1.29, 1.82) is 0 Å². The summed E-state index contributed by atoms with van der Waals surface area (Å²) in [4.78, 5) is 12.4. The highest BCUT2D eigenvalue weighted by Gasteiger charge is 2.18. The predicted octanol–water partition coefficient (Wildman–Crippen LogP) is 1.39. The molecule has 1 saturated carbocycles. The molecule has 0 aromatic heterocycles. The van der Waals surface area contributed by atoms with Crippen LogP contribution in [0, 0.1) is 0 Å². The molecule has 0 bridgehead atoms. The Balaban J connectivity index is 1.86. The number of benzene rings is 1. The molecule has 106 valence electrons. The summed E-state index contributed by atoms with van der Waals surface area (Å²) in [5.74, 6) is -0.00855. The van der Waals surface area contributed by atoms with Crippen LogP contribution >= 0.6 is 11.8 Å². The van der Waals surface area contributed by atoms with Crippen LogP contribution in [0.3, 0.4) is 0 Å². The summed E-state index contributed by atoms with van der Waals surface area (Å²) in [7, 11) is 0. The molecule has 1 aliphatic carbocycles. The minimum atomic E-state index is -0.00855. The lowest BCUT2D eigenvalue weighted by molar-refractivity contribution is -0.118. The third-order valence-electron chi connectivity index (χ3n) is 3.78. The van der Waals surface area contributed by atoms with Crippen molar-refractivity contribution >= 4 is 29.5 Å². The van der Waals surface area contributed by atoms with E-state index in [1.807, 2.05) is 18.0 Å². The number of amides is 1. The Labute approximate surface area is 123 Å². The molecule has 0 radical (unpaired) electrons. The second-order valence-electron chi connectivity index (χ2n) is 5.36. The van der Waals surface area contributed by atoms with Crippen molar-refractivity contribution in [3.63, 3.8) is 0 Å². The number of rotatable bonds is 4. The highest BCUT2D eigenvalue weighted by Crippen LogP contribution is 2.35. The second kappa shape index (κ2) is 5.92. The largest absolute Gasteiger partial charge is 0.496 e. The minimum Gasteiger partial charge on any atom is -0.496 e. The number of hydrogen-bond acceptors (Lipinski definition) is 3. The van der Waals surface area contributed by atoms with E-state index in [0.29, 0.717) is 13.2 Å². The first-order chi connectivity index (χ1) is 9.72. The molecule has 1 aromatic carbocycles. The number of carbonyl (C=O) groups is 1. The Kier molecular flexibility index (Phi) is 4.01. The molecule has 1 amide bonds. The molecule has 0 unspecified atom stereocenters. The van der Waals surface area contributed by atoms with Gasteiger partial charge < -0.3 is 10.1 Å². The first-order valence-corrected chi connectivity index (χ1v) is 7.95. The summed E-state index contributed by atoms with van der Waals surface area (Å²) in [6.45, 7) is 2.66. The predicted molar refractivity (Wildman–Crippen MR) is 81.7 cm³/mol. The standard InChI is InChI=1S/C16H19NO2S/c1-11(18)17-8-13-10-19-9-12-7-15(5-6-16(12)13)20-14-3-2-4-14/h5-7,9,14H,2-4,8,10H2,1H3,(H,17,18). The number of nitrogens with one attached hydrogen (secondary N) is 1. The fraction of sp³-hybridized carbons (Fsp3) is 0.438. The molecule has 20 heavy (non-hydrogen) atoms. The average molecular weight is 289 g/mol. The van der Waals surface area contributed by atoms with Crippen LogP contribution < -0.4 is 15.8 Å². The molecule has 3 rings (SSSR count). The normalized spacial score (nSPS) is 17.6. The summed E-state index contributed by atoms with van der Waals surface area (Å²) in [5.41, 5.74) is 1.14. The Morgan fingerprint density at radius 2 is 2.30 bits per heavy atom. The molecule has 3 nitrogen and oxygen atoms in total. The van der Waals surface area contributed by atoms with Crippen molar-refractivity contribution in [2.75, 3.05) is 13.2 Å². The van der Waals surface area contributed by atoms with E-state index in [1.54, 1.807) is 0 Å². The Morgan fingerprint density at radius 3 is 3.00 bits per heavy atom. The first kappa shape index (κ1) is 13.6. The van der Waals surface area contributed by atoms with E-state index in [0.717, 1.165) is 16.0 Å². The van der Waals surface area contributed by atoms with Crippen LogP contribution in [0.1, 0.15) is 26.2 Å². The molecule has 0 atom stereocenters. The van der Waals surface area contributed by atoms with Gasteiger partial charge in [0.2, 0.25) is 5.91 Å². The molecule has 4 heteroatoms. The van der Waals surface area contributed by atoms with Gasteiger partial charge in [0.1, 0.15) is 6.61 Å². The van der Waals surface area contributed by atoms with E-state index < -0.39 is 0 Å². The third kappa shape index (κ3) is 3.01. The summed E-state index contributed by atoms with van der Waals surface area (Å²) in [6, 6.07) is 6.55. The van der Waals surface area contributed by atoms with Gasteiger partial charge in [0.25, 0.3) is 0 Å². The maximum absolute atomic E-state index is 11.0. The van der Waals surface area contributed by atoms with Crippen molar-refractivity contribution in [3.05, 3.63) is 28.6 Å². The van der Waals surface area contributed by atoms with Gasteiger partial charge in [-0.3, -0.25) is 4.79 Å². The third-order valence-corrected chi connectivity index (χ3v) is 5.11. The Hall–Kier alpha value is -1.42. The van der Waals surface area contributed by atoms with Crippen molar-refractivity contribution in [2.45, 2.75) is 36.3 Å². The van der Waals surface area contributed by atoms with E-state index >= 15 is 0 Å². The van der Waals surface area contributed by atoms with Gasteiger partial charge in [-0.2, -0.15) is 0 Å². The Bertz CT molecular complexity index is 634. The smallest absolute Gasteiger partial charge is 0.217 e. The summed E-state index contributed by atoms with van der Waals surface area (Å²) < 4.78 is 5.52. The van der Waals surface area contributed by atoms with E-state index in [9.17, 15) is 4.79 Å². The monoisotopic (exact) mass is 289 g/mol. The lowest BCUT2D eigenvalue weighted by atomic mass is 10.00. The van der Waals surface area contributed by atoms with Crippen LogP contribution in [0.15, 0.2) is 23.1 Å². The van der Waals surface area contributed by atoms with Crippen LogP contribution in [0.2, 0.25) is 0 Å². The molecular formula is C16H19NO2S. The van der Waals surface area contributed by atoms with E-state index in [1.165, 1.54) is 36.3 Å². The number of thioether (sulfide) groups is 1. The van der Waals surface area contributed by atoms with Crippen molar-refractivity contribution in [1.82, 2.24) is 5.32 Å². The fourth-order valence-corrected chi connectivity index (χ4v) is 3.70. The summed E-state index contributed by atoms with van der Waals surface area (Å²) in [6.07, 6.45) is 5.87. The van der Waals surface area contributed by atoms with Crippen LogP contribution in [-0.2, 0) is 9.53 Å². The molecule has 1 aliphatic heterocycles. The van der Waals surface area contributed by atoms with E-state index in [4.69, 9.17) is 4.74 Å². The van der Waals surface area contributed by atoms with Crippen molar-refractivity contribution < 1.29 is 9.53 Å². The summed E-state index contributed by atoms with van der Waals surface area (Å²) >= 11 is 1.97. The van der Waals surface area contributed by atoms with Crippen LogP contribution in [-0.4, -0.2) is 24.3 Å². The average Bonchev–Trinajstić information content (AvgIpc) is 2.40. The zero-order valence-electron chi connectivity index (χ0n) is 11.6. The van der Waals surface area contributed by atoms with Crippen molar-refractivity contribution in [2.24, 2.45) is 0 Å². The van der Waals surface area contributed by atoms with E-state index in [-0.39, 0.29) is 5.91 Å². The molecule has 1 heterocycles. The number of hydrogen-bond donors (Lipinski definition) is 1. The van der Waals surface area contributed by atoms with Gasteiger partial charge in [0, 0.05) is 28.8 Å². The molecule has 0 saturated heterocycles.